The summed E-state index contributed by atoms with van der Waals surface area (Å²) in [5.41, 5.74) is 0. The van der Waals surface area contributed by atoms with Crippen LogP contribution in [-0.4, -0.2) is 14.3 Å². The molecule has 1 amide bonds. The van der Waals surface area contributed by atoms with E-state index in [1.807, 2.05) is 0 Å². The molecule has 1 saturated carbocycles. The predicted molar refractivity (Wildman–Crippen MR) is 68.3 cm³/mol. The van der Waals surface area contributed by atoms with Gasteiger partial charge >= 0.3 is 0 Å². The van der Waals surface area contributed by atoms with Crippen LogP contribution < -0.4 is 4.72 Å². The number of carbonyl (C=O) groups is 1. The molecule has 0 heterocycles. The van der Waals surface area contributed by atoms with E-state index in [0.717, 1.165) is 32.1 Å². The number of amides is 1. The molecule has 1 aromatic rings. The third kappa shape index (κ3) is 3.10. The van der Waals surface area contributed by atoms with Crippen LogP contribution in [0.1, 0.15) is 32.1 Å². The van der Waals surface area contributed by atoms with E-state index >= 15 is 0 Å². The smallest absolute Gasteiger partial charge is 0.264 e. The standard InChI is InChI=1S/C13H17NO3S/c15-13(11-7-3-1-4-8-11)14-18(16,17)12-9-5-2-6-10-12/h2,5-6,9-11H,1,3-4,7-8H2,(H,14,15). The summed E-state index contributed by atoms with van der Waals surface area (Å²) in [5.74, 6) is -0.518. The Hall–Kier alpha value is -1.36. The molecule has 0 aliphatic heterocycles. The van der Waals surface area contributed by atoms with E-state index in [4.69, 9.17) is 0 Å². The van der Waals surface area contributed by atoms with Crippen molar-refractivity contribution in [1.29, 1.82) is 0 Å². The highest BCUT2D eigenvalue weighted by Crippen LogP contribution is 2.24. The number of nitrogens with one attached hydrogen (secondary N) is 1. The van der Waals surface area contributed by atoms with E-state index in [0.29, 0.717) is 0 Å². The first kappa shape index (κ1) is 13.1. The Kier molecular flexibility index (Phi) is 4.01. The van der Waals surface area contributed by atoms with Gasteiger partial charge in [-0.1, -0.05) is 37.5 Å². The molecular formula is C13H17NO3S. The second-order valence-corrected chi connectivity index (χ2v) is 6.30. The maximum absolute atomic E-state index is 12.0. The van der Waals surface area contributed by atoms with Crippen LogP contribution in [0, 0.1) is 5.92 Å². The summed E-state index contributed by atoms with van der Waals surface area (Å²) in [6, 6.07) is 7.98. The lowest BCUT2D eigenvalue weighted by Gasteiger charge is -2.20. The lowest BCUT2D eigenvalue weighted by molar-refractivity contribution is -0.124. The van der Waals surface area contributed by atoms with Gasteiger partial charge in [-0.05, 0) is 25.0 Å². The van der Waals surface area contributed by atoms with Crippen LogP contribution in [0.4, 0.5) is 0 Å². The van der Waals surface area contributed by atoms with Crippen LogP contribution >= 0.6 is 0 Å². The third-order valence-corrected chi connectivity index (χ3v) is 4.63. The van der Waals surface area contributed by atoms with Crippen LogP contribution in [-0.2, 0) is 14.8 Å². The molecule has 98 valence electrons. The number of hydrogen-bond donors (Lipinski definition) is 1. The molecule has 0 radical (unpaired) electrons. The Bertz CT molecular complexity index is 504. The molecule has 0 atom stereocenters. The quantitative estimate of drug-likeness (QED) is 0.912. The van der Waals surface area contributed by atoms with Gasteiger partial charge in [-0.2, -0.15) is 0 Å². The van der Waals surface area contributed by atoms with Gasteiger partial charge in [0.1, 0.15) is 0 Å². The lowest BCUT2D eigenvalue weighted by atomic mass is 9.89. The molecule has 4 nitrogen and oxygen atoms in total. The SMILES string of the molecule is O=C(NS(=O)(=O)c1ccccc1)C1CCCCC1. The largest absolute Gasteiger partial charge is 0.274 e. The Morgan fingerprint density at radius 3 is 2.28 bits per heavy atom. The first-order valence-corrected chi connectivity index (χ1v) is 7.69. The first-order chi connectivity index (χ1) is 8.59. The van der Waals surface area contributed by atoms with Gasteiger partial charge in [0.2, 0.25) is 5.91 Å². The van der Waals surface area contributed by atoms with Crippen molar-refractivity contribution in [3.05, 3.63) is 30.3 Å². The van der Waals surface area contributed by atoms with Crippen molar-refractivity contribution in [2.45, 2.75) is 37.0 Å². The Morgan fingerprint density at radius 2 is 1.67 bits per heavy atom. The Labute approximate surface area is 107 Å². The van der Waals surface area contributed by atoms with Gasteiger partial charge in [-0.25, -0.2) is 13.1 Å². The van der Waals surface area contributed by atoms with Crippen molar-refractivity contribution >= 4 is 15.9 Å². The zero-order valence-electron chi connectivity index (χ0n) is 10.1. The van der Waals surface area contributed by atoms with Crippen LogP contribution in [0.25, 0.3) is 0 Å². The lowest BCUT2D eigenvalue weighted by Crippen LogP contribution is -2.36. The minimum Gasteiger partial charge on any atom is -0.274 e. The van der Waals surface area contributed by atoms with Crippen molar-refractivity contribution < 1.29 is 13.2 Å². The van der Waals surface area contributed by atoms with Gasteiger partial charge in [0.15, 0.2) is 0 Å². The van der Waals surface area contributed by atoms with E-state index in [-0.39, 0.29) is 16.7 Å². The van der Waals surface area contributed by atoms with Crippen LogP contribution in [0.2, 0.25) is 0 Å². The number of benzene rings is 1. The molecule has 2 rings (SSSR count). The summed E-state index contributed by atoms with van der Waals surface area (Å²) in [5, 5.41) is 0. The Morgan fingerprint density at radius 1 is 1.06 bits per heavy atom. The molecule has 1 aromatic carbocycles. The molecule has 5 heteroatoms. The molecule has 0 unspecified atom stereocenters. The number of carbonyl (C=O) groups excluding carboxylic acids is 1. The predicted octanol–water partition coefficient (Wildman–Crippen LogP) is 2.07. The normalized spacial score (nSPS) is 17.3. The molecule has 1 aliphatic rings. The number of rotatable bonds is 3. The molecule has 1 aliphatic carbocycles. The topological polar surface area (TPSA) is 63.2 Å². The molecule has 0 aromatic heterocycles. The van der Waals surface area contributed by atoms with E-state index in [9.17, 15) is 13.2 Å². The summed E-state index contributed by atoms with van der Waals surface area (Å²) in [6.07, 6.45) is 4.72. The molecule has 0 spiro atoms. The highest BCUT2D eigenvalue weighted by molar-refractivity contribution is 7.90. The number of sulfonamides is 1. The minimum absolute atomic E-state index is 0.133. The molecule has 18 heavy (non-hydrogen) atoms. The molecule has 0 bridgehead atoms. The van der Waals surface area contributed by atoms with Gasteiger partial charge in [0.25, 0.3) is 10.0 Å². The van der Waals surface area contributed by atoms with E-state index < -0.39 is 10.0 Å². The zero-order chi connectivity index (χ0) is 13.0. The average Bonchev–Trinajstić information content (AvgIpc) is 2.40. The van der Waals surface area contributed by atoms with Gasteiger partial charge in [-0.15, -0.1) is 0 Å². The molecular weight excluding hydrogens is 250 g/mol. The van der Waals surface area contributed by atoms with Crippen LogP contribution in [0.15, 0.2) is 35.2 Å². The fourth-order valence-corrected chi connectivity index (χ4v) is 3.30. The van der Waals surface area contributed by atoms with Gasteiger partial charge in [-0.3, -0.25) is 4.79 Å². The summed E-state index contributed by atoms with van der Waals surface area (Å²) in [7, 11) is -3.71. The maximum atomic E-state index is 12.0. The average molecular weight is 267 g/mol. The summed E-state index contributed by atoms with van der Waals surface area (Å²) in [4.78, 5) is 12.0. The molecule has 0 saturated heterocycles. The molecule has 1 N–H and O–H groups in total. The van der Waals surface area contributed by atoms with Crippen molar-refractivity contribution in [2.75, 3.05) is 0 Å². The fraction of sp³-hybridized carbons (Fsp3) is 0.462. The molecule has 1 fully saturated rings. The summed E-state index contributed by atoms with van der Waals surface area (Å²) in [6.45, 7) is 0. The fourth-order valence-electron chi connectivity index (χ4n) is 2.24. The maximum Gasteiger partial charge on any atom is 0.264 e. The minimum atomic E-state index is -3.71. The van der Waals surface area contributed by atoms with Crippen molar-refractivity contribution in [3.63, 3.8) is 0 Å². The Balaban J connectivity index is 2.06. The van der Waals surface area contributed by atoms with Crippen LogP contribution in [0.5, 0.6) is 0 Å². The van der Waals surface area contributed by atoms with Gasteiger partial charge in [0.05, 0.1) is 4.90 Å². The second kappa shape index (κ2) is 5.52. The van der Waals surface area contributed by atoms with Gasteiger partial charge < -0.3 is 0 Å². The highest BCUT2D eigenvalue weighted by Gasteiger charge is 2.25. The van der Waals surface area contributed by atoms with Gasteiger partial charge in [0, 0.05) is 5.92 Å². The second-order valence-electron chi connectivity index (χ2n) is 4.62. The first-order valence-electron chi connectivity index (χ1n) is 6.21. The van der Waals surface area contributed by atoms with Crippen molar-refractivity contribution in [2.24, 2.45) is 5.92 Å². The summed E-state index contributed by atoms with van der Waals surface area (Å²) < 4.78 is 26.1. The van der Waals surface area contributed by atoms with E-state index in [1.165, 1.54) is 12.1 Å². The van der Waals surface area contributed by atoms with E-state index in [1.54, 1.807) is 18.2 Å². The third-order valence-electron chi connectivity index (χ3n) is 3.26. The zero-order valence-corrected chi connectivity index (χ0v) is 10.9. The van der Waals surface area contributed by atoms with Crippen molar-refractivity contribution in [1.82, 2.24) is 4.72 Å². The van der Waals surface area contributed by atoms with E-state index in [2.05, 4.69) is 4.72 Å². The highest BCUT2D eigenvalue weighted by atomic mass is 32.2. The van der Waals surface area contributed by atoms with Crippen molar-refractivity contribution in [3.8, 4) is 0 Å². The summed E-state index contributed by atoms with van der Waals surface area (Å²) >= 11 is 0. The monoisotopic (exact) mass is 267 g/mol. The van der Waals surface area contributed by atoms with Crippen LogP contribution in [0.3, 0.4) is 0 Å². The number of hydrogen-bond acceptors (Lipinski definition) is 3.